The molecule has 1 fully saturated rings. The molecule has 3 nitrogen and oxygen atoms in total. The molecule has 0 radical (unpaired) electrons. The molecule has 0 heterocycles. The number of hydrogen-bond donors (Lipinski definition) is 1. The molecule has 0 saturated heterocycles. The van der Waals surface area contributed by atoms with Gasteiger partial charge in [0.2, 0.25) is 0 Å². The highest BCUT2D eigenvalue weighted by molar-refractivity contribution is 6.11. The van der Waals surface area contributed by atoms with E-state index in [1.165, 1.54) is 19.2 Å². The van der Waals surface area contributed by atoms with Crippen LogP contribution < -0.4 is 10.5 Å². The first-order chi connectivity index (χ1) is 11.0. The molecule has 0 spiro atoms. The SMILES string of the molecule is COc1ccc(C(N)C2CC2)c(F)c1C(=O)c1ccc(F)cc1. The number of carbonyl (C=O) groups is 1. The van der Waals surface area contributed by atoms with Crippen molar-refractivity contribution in [2.45, 2.75) is 18.9 Å². The maximum absolute atomic E-state index is 14.9. The van der Waals surface area contributed by atoms with E-state index in [-0.39, 0.29) is 22.8 Å². The van der Waals surface area contributed by atoms with E-state index in [9.17, 15) is 13.6 Å². The average molecular weight is 317 g/mol. The number of rotatable bonds is 5. The Kier molecular flexibility index (Phi) is 4.13. The van der Waals surface area contributed by atoms with Gasteiger partial charge in [-0.2, -0.15) is 0 Å². The van der Waals surface area contributed by atoms with E-state index >= 15 is 0 Å². The van der Waals surface area contributed by atoms with E-state index in [1.807, 2.05) is 0 Å². The Morgan fingerprint density at radius 3 is 2.39 bits per heavy atom. The second kappa shape index (κ2) is 6.08. The molecule has 2 aromatic rings. The maximum atomic E-state index is 14.9. The van der Waals surface area contributed by atoms with Crippen LogP contribution in [0.1, 0.15) is 40.4 Å². The van der Waals surface area contributed by atoms with Crippen LogP contribution in [0.2, 0.25) is 0 Å². The zero-order valence-electron chi connectivity index (χ0n) is 12.7. The van der Waals surface area contributed by atoms with Crippen molar-refractivity contribution in [2.75, 3.05) is 7.11 Å². The second-order valence-corrected chi connectivity index (χ2v) is 5.75. The Hall–Kier alpha value is -2.27. The van der Waals surface area contributed by atoms with Gasteiger partial charge in [-0.25, -0.2) is 8.78 Å². The minimum atomic E-state index is -0.655. The van der Waals surface area contributed by atoms with Gasteiger partial charge in [-0.15, -0.1) is 0 Å². The summed E-state index contributed by atoms with van der Waals surface area (Å²) in [7, 11) is 1.37. The molecule has 0 bridgehead atoms. The van der Waals surface area contributed by atoms with Gasteiger partial charge in [0.15, 0.2) is 5.78 Å². The van der Waals surface area contributed by atoms with Crippen LogP contribution in [0.3, 0.4) is 0 Å². The van der Waals surface area contributed by atoms with Crippen molar-refractivity contribution in [1.82, 2.24) is 0 Å². The number of benzene rings is 2. The zero-order valence-corrected chi connectivity index (χ0v) is 12.7. The van der Waals surface area contributed by atoms with Crippen LogP contribution in [0.25, 0.3) is 0 Å². The molecule has 5 heteroatoms. The third-order valence-electron chi connectivity index (χ3n) is 4.18. The van der Waals surface area contributed by atoms with Gasteiger partial charge in [0.1, 0.15) is 22.9 Å². The van der Waals surface area contributed by atoms with Crippen LogP contribution in [0.4, 0.5) is 8.78 Å². The second-order valence-electron chi connectivity index (χ2n) is 5.75. The largest absolute Gasteiger partial charge is 0.496 e. The third kappa shape index (κ3) is 2.97. The maximum Gasteiger partial charge on any atom is 0.199 e. The average Bonchev–Trinajstić information content (AvgIpc) is 3.39. The minimum Gasteiger partial charge on any atom is -0.496 e. The summed E-state index contributed by atoms with van der Waals surface area (Å²) in [6.45, 7) is 0. The van der Waals surface area contributed by atoms with Crippen LogP contribution in [-0.2, 0) is 0 Å². The first-order valence-electron chi connectivity index (χ1n) is 7.45. The van der Waals surface area contributed by atoms with E-state index in [2.05, 4.69) is 0 Å². The van der Waals surface area contributed by atoms with Gasteiger partial charge in [0.05, 0.1) is 7.11 Å². The standard InChI is InChI=1S/C18H17F2NO2/c1-23-14-9-8-13(17(21)10-2-3-10)16(20)15(14)18(22)11-4-6-12(19)7-5-11/h4-10,17H,2-3,21H2,1H3. The number of ether oxygens (including phenoxy) is 1. The number of carbonyl (C=O) groups excluding carboxylic acids is 1. The van der Waals surface area contributed by atoms with Crippen molar-refractivity contribution >= 4 is 5.78 Å². The summed E-state index contributed by atoms with van der Waals surface area (Å²) in [5.74, 6) is -1.27. The fraction of sp³-hybridized carbons (Fsp3) is 0.278. The van der Waals surface area contributed by atoms with Crippen molar-refractivity contribution in [1.29, 1.82) is 0 Å². The molecule has 1 atom stereocenters. The fourth-order valence-electron chi connectivity index (χ4n) is 2.67. The summed E-state index contributed by atoms with van der Waals surface area (Å²) in [6.07, 6.45) is 1.93. The Morgan fingerprint density at radius 2 is 1.83 bits per heavy atom. The number of methoxy groups -OCH3 is 1. The normalized spacial score (nSPS) is 15.3. The van der Waals surface area contributed by atoms with Gasteiger partial charge in [-0.1, -0.05) is 6.07 Å². The molecule has 0 amide bonds. The monoisotopic (exact) mass is 317 g/mol. The summed E-state index contributed by atoms with van der Waals surface area (Å²) in [6, 6.07) is 7.67. The highest BCUT2D eigenvalue weighted by Gasteiger charge is 2.33. The van der Waals surface area contributed by atoms with Gasteiger partial charge >= 0.3 is 0 Å². The molecular weight excluding hydrogens is 300 g/mol. The molecule has 0 aromatic heterocycles. The lowest BCUT2D eigenvalue weighted by atomic mass is 9.95. The first-order valence-corrected chi connectivity index (χ1v) is 7.45. The van der Waals surface area contributed by atoms with Gasteiger partial charge < -0.3 is 10.5 Å². The Bertz CT molecular complexity index is 739. The summed E-state index contributed by atoms with van der Waals surface area (Å²) in [4.78, 5) is 12.6. The van der Waals surface area contributed by atoms with Crippen LogP contribution in [0.5, 0.6) is 5.75 Å². The Labute approximate surface area is 133 Å². The lowest BCUT2D eigenvalue weighted by Gasteiger charge is -2.16. The third-order valence-corrected chi connectivity index (χ3v) is 4.18. The van der Waals surface area contributed by atoms with Crippen molar-refractivity contribution < 1.29 is 18.3 Å². The summed E-state index contributed by atoms with van der Waals surface area (Å²) >= 11 is 0. The van der Waals surface area contributed by atoms with Crippen molar-refractivity contribution in [3.8, 4) is 5.75 Å². The minimum absolute atomic E-state index is 0.142. The van der Waals surface area contributed by atoms with E-state index in [0.29, 0.717) is 5.56 Å². The number of halogens is 2. The molecule has 1 aliphatic rings. The van der Waals surface area contributed by atoms with Gasteiger partial charge in [-0.05, 0) is 49.1 Å². The predicted molar refractivity (Wildman–Crippen MR) is 82.4 cm³/mol. The quantitative estimate of drug-likeness (QED) is 0.857. The van der Waals surface area contributed by atoms with E-state index in [0.717, 1.165) is 25.0 Å². The summed E-state index contributed by atoms with van der Waals surface area (Å²) in [5, 5.41) is 0. The molecule has 2 aromatic carbocycles. The lowest BCUT2D eigenvalue weighted by molar-refractivity contribution is 0.103. The van der Waals surface area contributed by atoms with E-state index < -0.39 is 23.5 Å². The van der Waals surface area contributed by atoms with Gasteiger partial charge in [0.25, 0.3) is 0 Å². The van der Waals surface area contributed by atoms with Gasteiger partial charge in [0, 0.05) is 17.2 Å². The van der Waals surface area contributed by atoms with Gasteiger partial charge in [-0.3, -0.25) is 4.79 Å². The number of hydrogen-bond acceptors (Lipinski definition) is 3. The highest BCUT2D eigenvalue weighted by Crippen LogP contribution is 2.41. The highest BCUT2D eigenvalue weighted by atomic mass is 19.1. The predicted octanol–water partition coefficient (Wildman–Crippen LogP) is 3.61. The first kappa shape index (κ1) is 15.6. The van der Waals surface area contributed by atoms with Crippen LogP contribution >= 0.6 is 0 Å². The zero-order chi connectivity index (χ0) is 16.6. The van der Waals surface area contributed by atoms with Crippen LogP contribution in [0, 0.1) is 17.6 Å². The van der Waals surface area contributed by atoms with Crippen molar-refractivity contribution in [3.63, 3.8) is 0 Å². The topological polar surface area (TPSA) is 52.3 Å². The van der Waals surface area contributed by atoms with E-state index in [4.69, 9.17) is 10.5 Å². The van der Waals surface area contributed by atoms with Crippen molar-refractivity contribution in [3.05, 3.63) is 64.7 Å². The Balaban J connectivity index is 2.06. The van der Waals surface area contributed by atoms with Crippen LogP contribution in [-0.4, -0.2) is 12.9 Å². The van der Waals surface area contributed by atoms with E-state index in [1.54, 1.807) is 12.1 Å². The Morgan fingerprint density at radius 1 is 1.17 bits per heavy atom. The molecule has 1 unspecified atom stereocenters. The molecule has 0 aliphatic heterocycles. The molecule has 1 saturated carbocycles. The molecule has 23 heavy (non-hydrogen) atoms. The van der Waals surface area contributed by atoms with Crippen molar-refractivity contribution in [2.24, 2.45) is 11.7 Å². The molecule has 2 N–H and O–H groups in total. The molecular formula is C18H17F2NO2. The number of ketones is 1. The fourth-order valence-corrected chi connectivity index (χ4v) is 2.67. The molecule has 120 valence electrons. The lowest BCUT2D eigenvalue weighted by Crippen LogP contribution is -2.17. The molecule has 3 rings (SSSR count). The molecule has 1 aliphatic carbocycles. The number of nitrogens with two attached hydrogens (primary N) is 1. The smallest absolute Gasteiger partial charge is 0.199 e. The summed E-state index contributed by atoms with van der Waals surface area (Å²) < 4.78 is 33.1. The van der Waals surface area contributed by atoms with Crippen LogP contribution in [0.15, 0.2) is 36.4 Å². The summed E-state index contributed by atoms with van der Waals surface area (Å²) in [5.41, 5.74) is 6.43.